The van der Waals surface area contributed by atoms with Gasteiger partial charge < -0.3 is 21.7 Å². The summed E-state index contributed by atoms with van der Waals surface area (Å²) in [7, 11) is -3.66. The maximum Gasteiger partial charge on any atom is 0.247 e. The minimum atomic E-state index is -3.66. The first kappa shape index (κ1) is 37.3. The predicted octanol–water partition coefficient (Wildman–Crippen LogP) is 4.08. The van der Waals surface area contributed by atoms with Gasteiger partial charge in [0.15, 0.2) is 0 Å². The Morgan fingerprint density at radius 1 is 0.942 bits per heavy atom. The SMILES string of the molecule is Cc1cc(S(=O)(=O)NC2CCNC(C)C2)ccc1-c1ccc(C[C@H](NC(=O)CC2CCC(CN)CC2)C(=O)Nc2ccc(-c3nn[nH]n3)cc2)cc1. The van der Waals surface area contributed by atoms with E-state index in [0.29, 0.717) is 30.4 Å². The number of aromatic nitrogens is 4. The lowest BCUT2D eigenvalue weighted by molar-refractivity contribution is -0.127. The van der Waals surface area contributed by atoms with Gasteiger partial charge in [0, 0.05) is 36.2 Å². The molecule has 1 aliphatic heterocycles. The van der Waals surface area contributed by atoms with Crippen LogP contribution in [-0.2, 0) is 26.0 Å². The van der Waals surface area contributed by atoms with Crippen molar-refractivity contribution in [1.29, 1.82) is 0 Å². The van der Waals surface area contributed by atoms with Crippen molar-refractivity contribution in [3.63, 3.8) is 0 Å². The monoisotopic (exact) mass is 727 g/mol. The average molecular weight is 728 g/mol. The van der Waals surface area contributed by atoms with E-state index in [1.807, 2.05) is 37.3 Å². The molecule has 6 rings (SSSR count). The maximum absolute atomic E-state index is 13.7. The molecule has 14 heteroatoms. The molecule has 2 aliphatic rings. The molecule has 2 amide bonds. The standard InChI is InChI=1S/C38H49N9O4S/c1-24-19-33(52(50,51)45-32-17-18-40-25(2)20-32)15-16-34(24)29-9-7-26(8-10-29)21-35(42-36(48)22-27-3-5-28(23-39)6-4-27)38(49)41-31-13-11-30(12-14-31)37-43-46-47-44-37/h7-16,19,25,27-28,32,35,40,45H,3-6,17-18,20-23,39H2,1-2H3,(H,41,49)(H,42,48)(H,43,44,46,47)/t25?,27?,28?,32?,35-/m0/s1. The summed E-state index contributed by atoms with van der Waals surface area (Å²) in [4.78, 5) is 27.2. The Balaban J connectivity index is 1.14. The Morgan fingerprint density at radius 3 is 2.31 bits per heavy atom. The lowest BCUT2D eigenvalue weighted by atomic mass is 9.80. The molecule has 0 spiro atoms. The minimum Gasteiger partial charge on any atom is -0.344 e. The van der Waals surface area contributed by atoms with Gasteiger partial charge in [-0.1, -0.05) is 30.3 Å². The predicted molar refractivity (Wildman–Crippen MR) is 200 cm³/mol. The Bertz CT molecular complexity index is 1910. The van der Waals surface area contributed by atoms with Crippen molar-refractivity contribution in [3.05, 3.63) is 77.9 Å². The third kappa shape index (κ3) is 9.68. The topological polar surface area (TPSA) is 197 Å². The van der Waals surface area contributed by atoms with Crippen LogP contribution >= 0.6 is 0 Å². The van der Waals surface area contributed by atoms with E-state index < -0.39 is 16.1 Å². The lowest BCUT2D eigenvalue weighted by Crippen LogP contribution is -2.46. The minimum absolute atomic E-state index is 0.0934. The number of nitrogens with zero attached hydrogens (tertiary/aromatic N) is 3. The van der Waals surface area contributed by atoms with Crippen molar-refractivity contribution < 1.29 is 18.0 Å². The van der Waals surface area contributed by atoms with E-state index in [1.54, 1.807) is 36.4 Å². The van der Waals surface area contributed by atoms with Gasteiger partial charge in [-0.25, -0.2) is 13.1 Å². The van der Waals surface area contributed by atoms with Crippen LogP contribution in [0, 0.1) is 18.8 Å². The normalized spacial score (nSPS) is 21.3. The summed E-state index contributed by atoms with van der Waals surface area (Å²) in [6.07, 6.45) is 6.13. The number of amides is 2. The molecule has 52 heavy (non-hydrogen) atoms. The Morgan fingerprint density at radius 2 is 1.65 bits per heavy atom. The summed E-state index contributed by atoms with van der Waals surface area (Å²) in [6, 6.07) is 19.5. The van der Waals surface area contributed by atoms with Crippen LogP contribution in [0.4, 0.5) is 5.69 Å². The largest absolute Gasteiger partial charge is 0.344 e. The first-order valence-corrected chi connectivity index (χ1v) is 19.6. The van der Waals surface area contributed by atoms with Crippen molar-refractivity contribution in [1.82, 2.24) is 36.0 Å². The van der Waals surface area contributed by atoms with E-state index in [9.17, 15) is 18.0 Å². The summed E-state index contributed by atoms with van der Waals surface area (Å²) in [5, 5.41) is 23.3. The number of benzene rings is 3. The molecule has 1 aromatic heterocycles. The van der Waals surface area contributed by atoms with Gasteiger partial charge in [0.1, 0.15) is 6.04 Å². The van der Waals surface area contributed by atoms with Crippen molar-refractivity contribution in [3.8, 4) is 22.5 Å². The fraction of sp³-hybridized carbons (Fsp3) is 0.447. The molecule has 1 aliphatic carbocycles. The number of rotatable bonds is 13. The number of H-pyrrole nitrogens is 1. The summed E-state index contributed by atoms with van der Waals surface area (Å²) in [5.74, 6) is 0.777. The van der Waals surface area contributed by atoms with Gasteiger partial charge in [-0.3, -0.25) is 9.59 Å². The van der Waals surface area contributed by atoms with Gasteiger partial charge >= 0.3 is 0 Å². The lowest BCUT2D eigenvalue weighted by Gasteiger charge is -2.28. The van der Waals surface area contributed by atoms with E-state index in [-0.39, 0.29) is 41.1 Å². The summed E-state index contributed by atoms with van der Waals surface area (Å²) >= 11 is 0. The molecule has 276 valence electrons. The number of hydrogen-bond acceptors (Lipinski definition) is 9. The van der Waals surface area contributed by atoms with Gasteiger partial charge in [-0.05, 0) is 141 Å². The smallest absolute Gasteiger partial charge is 0.247 e. The number of hydrogen-bond donors (Lipinski definition) is 6. The van der Waals surface area contributed by atoms with Gasteiger partial charge in [0.25, 0.3) is 0 Å². The zero-order valence-corrected chi connectivity index (χ0v) is 30.6. The van der Waals surface area contributed by atoms with E-state index in [1.165, 1.54) is 0 Å². The number of nitrogens with two attached hydrogens (primary N) is 1. The van der Waals surface area contributed by atoms with E-state index in [4.69, 9.17) is 5.73 Å². The van der Waals surface area contributed by atoms with E-state index in [2.05, 4.69) is 48.2 Å². The number of piperidine rings is 1. The fourth-order valence-electron chi connectivity index (χ4n) is 7.32. The quantitative estimate of drug-likeness (QED) is 0.118. The number of tetrazole rings is 1. The Labute approximate surface area is 305 Å². The molecule has 3 aromatic carbocycles. The second-order valence-corrected chi connectivity index (χ2v) is 16.0. The highest BCUT2D eigenvalue weighted by atomic mass is 32.2. The molecular formula is C38H49N9O4S. The molecule has 0 radical (unpaired) electrons. The van der Waals surface area contributed by atoms with Crippen LogP contribution in [0.25, 0.3) is 22.5 Å². The van der Waals surface area contributed by atoms with Gasteiger partial charge in [0.05, 0.1) is 4.90 Å². The van der Waals surface area contributed by atoms with Crippen molar-refractivity contribution in [2.75, 3.05) is 18.4 Å². The molecule has 4 aromatic rings. The van der Waals surface area contributed by atoms with Crippen LogP contribution in [0.5, 0.6) is 0 Å². The molecule has 2 heterocycles. The molecule has 2 unspecified atom stereocenters. The van der Waals surface area contributed by atoms with Crippen LogP contribution in [0.15, 0.2) is 71.6 Å². The third-order valence-corrected chi connectivity index (χ3v) is 11.9. The molecule has 3 atom stereocenters. The number of aryl methyl sites for hydroxylation is 1. The summed E-state index contributed by atoms with van der Waals surface area (Å²) in [5.41, 5.74) is 10.7. The number of sulfonamides is 1. The number of anilines is 1. The zero-order chi connectivity index (χ0) is 36.7. The second kappa shape index (κ2) is 16.9. The molecule has 1 saturated heterocycles. The number of carbonyl (C=O) groups is 2. The Kier molecular flexibility index (Phi) is 12.1. The van der Waals surface area contributed by atoms with Crippen molar-refractivity contribution in [2.24, 2.45) is 17.6 Å². The van der Waals surface area contributed by atoms with Gasteiger partial charge in [-0.15, -0.1) is 10.2 Å². The molecule has 7 N–H and O–H groups in total. The first-order chi connectivity index (χ1) is 25.1. The molecule has 13 nitrogen and oxygen atoms in total. The van der Waals surface area contributed by atoms with Crippen LogP contribution in [0.2, 0.25) is 0 Å². The highest BCUT2D eigenvalue weighted by Crippen LogP contribution is 2.31. The average Bonchev–Trinajstić information content (AvgIpc) is 3.68. The van der Waals surface area contributed by atoms with Crippen molar-refractivity contribution >= 4 is 27.5 Å². The number of carbonyl (C=O) groups excluding carboxylic acids is 2. The number of nitrogens with one attached hydrogen (secondary N) is 5. The number of aromatic amines is 1. The third-order valence-electron chi connectivity index (χ3n) is 10.3. The maximum atomic E-state index is 13.7. The summed E-state index contributed by atoms with van der Waals surface area (Å²) in [6.45, 7) is 5.43. The van der Waals surface area contributed by atoms with Crippen LogP contribution in [-0.4, -0.2) is 72.1 Å². The van der Waals surface area contributed by atoms with Gasteiger partial charge in [-0.2, -0.15) is 5.21 Å². The second-order valence-electron chi connectivity index (χ2n) is 14.3. The highest BCUT2D eigenvalue weighted by Gasteiger charge is 2.27. The van der Waals surface area contributed by atoms with Crippen LogP contribution < -0.4 is 26.4 Å². The molecular weight excluding hydrogens is 679 g/mol. The highest BCUT2D eigenvalue weighted by molar-refractivity contribution is 7.89. The first-order valence-electron chi connectivity index (χ1n) is 18.2. The van der Waals surface area contributed by atoms with Crippen LogP contribution in [0.1, 0.15) is 63.0 Å². The van der Waals surface area contributed by atoms with Crippen LogP contribution in [0.3, 0.4) is 0 Å². The van der Waals surface area contributed by atoms with E-state index >= 15 is 0 Å². The van der Waals surface area contributed by atoms with Crippen molar-refractivity contribution in [2.45, 2.75) is 88.2 Å². The van der Waals surface area contributed by atoms with E-state index in [0.717, 1.165) is 72.9 Å². The summed E-state index contributed by atoms with van der Waals surface area (Å²) < 4.78 is 29.3. The zero-order valence-electron chi connectivity index (χ0n) is 29.8. The van der Waals surface area contributed by atoms with Gasteiger partial charge in [0.2, 0.25) is 27.7 Å². The Hall–Kier alpha value is -4.50. The molecule has 2 fully saturated rings. The fourth-order valence-corrected chi connectivity index (χ4v) is 8.69. The molecule has 0 bridgehead atoms. The molecule has 1 saturated carbocycles.